The fraction of sp³-hybridized carbons (Fsp3) is 0.167. The molecule has 2 nitrogen and oxygen atoms in total. The third-order valence-electron chi connectivity index (χ3n) is 2.28. The molecule has 14 heavy (non-hydrogen) atoms. The van der Waals surface area contributed by atoms with Crippen molar-refractivity contribution in [3.05, 3.63) is 35.9 Å². The zero-order valence-corrected chi connectivity index (χ0v) is 8.24. The average Bonchev–Trinajstić information content (AvgIpc) is 2.17. The van der Waals surface area contributed by atoms with Crippen molar-refractivity contribution >= 4 is 10.8 Å². The number of benzene rings is 2. The Hall–Kier alpha value is -1.70. The molecular weight excluding hydrogens is 176 g/mol. The van der Waals surface area contributed by atoms with Crippen molar-refractivity contribution in [3.8, 4) is 11.5 Å². The molecule has 2 heteroatoms. The zero-order valence-electron chi connectivity index (χ0n) is 8.24. The van der Waals surface area contributed by atoms with E-state index >= 15 is 0 Å². The van der Waals surface area contributed by atoms with Crippen LogP contribution in [0.2, 0.25) is 0 Å². The van der Waals surface area contributed by atoms with Crippen LogP contribution in [0.1, 0.15) is 5.56 Å². The van der Waals surface area contributed by atoms with Gasteiger partial charge in [-0.15, -0.1) is 0 Å². The number of aromatic hydroxyl groups is 1. The number of phenols is 1. The number of aryl methyl sites for hydroxylation is 1. The zero-order chi connectivity index (χ0) is 10.1. The topological polar surface area (TPSA) is 29.5 Å². The predicted molar refractivity (Wildman–Crippen MR) is 56.9 cm³/mol. The van der Waals surface area contributed by atoms with E-state index in [0.29, 0.717) is 5.75 Å². The molecule has 0 saturated heterocycles. The van der Waals surface area contributed by atoms with Crippen LogP contribution in [0, 0.1) is 6.92 Å². The van der Waals surface area contributed by atoms with Gasteiger partial charge in [0.25, 0.3) is 0 Å². The van der Waals surface area contributed by atoms with Crippen molar-refractivity contribution in [3.63, 3.8) is 0 Å². The highest BCUT2D eigenvalue weighted by Gasteiger charge is 2.02. The molecule has 72 valence electrons. The molecule has 0 saturated carbocycles. The van der Waals surface area contributed by atoms with Gasteiger partial charge in [0.1, 0.15) is 11.5 Å². The predicted octanol–water partition coefficient (Wildman–Crippen LogP) is 2.86. The van der Waals surface area contributed by atoms with Crippen LogP contribution in [0.5, 0.6) is 11.5 Å². The molecule has 0 fully saturated rings. The van der Waals surface area contributed by atoms with Crippen molar-refractivity contribution in [2.75, 3.05) is 7.11 Å². The van der Waals surface area contributed by atoms with E-state index in [1.54, 1.807) is 13.2 Å². The van der Waals surface area contributed by atoms with Gasteiger partial charge >= 0.3 is 0 Å². The van der Waals surface area contributed by atoms with Crippen molar-refractivity contribution in [1.82, 2.24) is 0 Å². The summed E-state index contributed by atoms with van der Waals surface area (Å²) in [6, 6.07) is 9.46. The van der Waals surface area contributed by atoms with E-state index in [0.717, 1.165) is 22.1 Å². The second kappa shape index (κ2) is 3.22. The van der Waals surface area contributed by atoms with Gasteiger partial charge in [0.15, 0.2) is 0 Å². The molecule has 1 N–H and O–H groups in total. The Morgan fingerprint density at radius 2 is 1.93 bits per heavy atom. The molecule has 0 aliphatic rings. The minimum absolute atomic E-state index is 0.305. The first-order valence-corrected chi connectivity index (χ1v) is 4.48. The number of rotatable bonds is 1. The number of fused-ring (bicyclic) bond motifs is 1. The summed E-state index contributed by atoms with van der Waals surface area (Å²) >= 11 is 0. The lowest BCUT2D eigenvalue weighted by Crippen LogP contribution is -1.83. The van der Waals surface area contributed by atoms with E-state index in [-0.39, 0.29) is 0 Å². The number of hydrogen-bond donors (Lipinski definition) is 1. The van der Waals surface area contributed by atoms with Crippen LogP contribution in [0.3, 0.4) is 0 Å². The van der Waals surface area contributed by atoms with Crippen molar-refractivity contribution < 1.29 is 9.84 Å². The lowest BCUT2D eigenvalue weighted by Gasteiger charge is -2.05. The fourth-order valence-corrected chi connectivity index (χ4v) is 1.59. The van der Waals surface area contributed by atoms with Gasteiger partial charge in [0, 0.05) is 5.39 Å². The van der Waals surface area contributed by atoms with Gasteiger partial charge in [-0.1, -0.05) is 12.1 Å². The molecule has 2 rings (SSSR count). The Balaban J connectivity index is 2.75. The first-order chi connectivity index (χ1) is 6.70. The van der Waals surface area contributed by atoms with E-state index in [2.05, 4.69) is 0 Å². The van der Waals surface area contributed by atoms with Crippen LogP contribution in [0.25, 0.3) is 10.8 Å². The van der Waals surface area contributed by atoms with E-state index in [9.17, 15) is 5.11 Å². The van der Waals surface area contributed by atoms with Crippen LogP contribution in [-0.4, -0.2) is 12.2 Å². The molecule has 0 heterocycles. The summed E-state index contributed by atoms with van der Waals surface area (Å²) in [5.41, 5.74) is 1.06. The Labute approximate surface area is 82.8 Å². The lowest BCUT2D eigenvalue weighted by molar-refractivity contribution is 0.415. The maximum Gasteiger partial charge on any atom is 0.123 e. The van der Waals surface area contributed by atoms with E-state index < -0.39 is 0 Å². The van der Waals surface area contributed by atoms with Crippen LogP contribution >= 0.6 is 0 Å². The van der Waals surface area contributed by atoms with Crippen LogP contribution < -0.4 is 4.74 Å². The van der Waals surface area contributed by atoms with Crippen molar-refractivity contribution in [1.29, 1.82) is 0 Å². The summed E-state index contributed by atoms with van der Waals surface area (Å²) in [7, 11) is 1.62. The third-order valence-corrected chi connectivity index (χ3v) is 2.28. The monoisotopic (exact) mass is 188 g/mol. The van der Waals surface area contributed by atoms with Gasteiger partial charge in [-0.3, -0.25) is 0 Å². The summed E-state index contributed by atoms with van der Waals surface area (Å²) in [5.74, 6) is 1.07. The number of ether oxygens (including phenoxy) is 1. The molecule has 0 unspecified atom stereocenters. The summed E-state index contributed by atoms with van der Waals surface area (Å²) < 4.78 is 5.10. The lowest BCUT2D eigenvalue weighted by atomic mass is 10.1. The van der Waals surface area contributed by atoms with Crippen molar-refractivity contribution in [2.45, 2.75) is 6.92 Å². The molecule has 0 aliphatic carbocycles. The van der Waals surface area contributed by atoms with Gasteiger partial charge in [-0.05, 0) is 36.1 Å². The summed E-state index contributed by atoms with van der Waals surface area (Å²) in [6.45, 7) is 1.96. The smallest absolute Gasteiger partial charge is 0.123 e. The normalized spacial score (nSPS) is 10.4. The first kappa shape index (κ1) is 8.88. The molecule has 2 aromatic carbocycles. The number of hydrogen-bond acceptors (Lipinski definition) is 2. The molecular formula is C12H12O2. The maximum absolute atomic E-state index is 9.72. The van der Waals surface area contributed by atoms with E-state index in [4.69, 9.17) is 4.74 Å². The largest absolute Gasteiger partial charge is 0.507 e. The minimum atomic E-state index is 0.305. The minimum Gasteiger partial charge on any atom is -0.507 e. The number of methoxy groups -OCH3 is 1. The van der Waals surface area contributed by atoms with Crippen molar-refractivity contribution in [2.24, 2.45) is 0 Å². The quantitative estimate of drug-likeness (QED) is 0.745. The van der Waals surface area contributed by atoms with Gasteiger partial charge < -0.3 is 9.84 Å². The molecule has 2 aromatic rings. The number of phenolic OH excluding ortho intramolecular Hbond substituents is 1. The molecule has 0 aliphatic heterocycles. The average molecular weight is 188 g/mol. The Kier molecular flexibility index (Phi) is 2.04. The van der Waals surface area contributed by atoms with Gasteiger partial charge in [-0.2, -0.15) is 0 Å². The SMILES string of the molecule is COc1ccc2cc(C)cc(O)c2c1. The molecule has 0 atom stereocenters. The fourth-order valence-electron chi connectivity index (χ4n) is 1.59. The summed E-state index contributed by atoms with van der Waals surface area (Å²) in [6.07, 6.45) is 0. The van der Waals surface area contributed by atoms with Gasteiger partial charge in [-0.25, -0.2) is 0 Å². The summed E-state index contributed by atoms with van der Waals surface area (Å²) in [4.78, 5) is 0. The summed E-state index contributed by atoms with van der Waals surface area (Å²) in [5, 5.41) is 11.6. The Morgan fingerprint density at radius 3 is 2.64 bits per heavy atom. The highest BCUT2D eigenvalue weighted by Crippen LogP contribution is 2.29. The van der Waals surface area contributed by atoms with Gasteiger partial charge in [0.2, 0.25) is 0 Å². The Morgan fingerprint density at radius 1 is 1.14 bits per heavy atom. The van der Waals surface area contributed by atoms with E-state index in [1.807, 2.05) is 31.2 Å². The Bertz CT molecular complexity index is 475. The molecule has 0 spiro atoms. The van der Waals surface area contributed by atoms with E-state index in [1.165, 1.54) is 0 Å². The molecule has 0 aromatic heterocycles. The molecule has 0 radical (unpaired) electrons. The maximum atomic E-state index is 9.72. The van der Waals surface area contributed by atoms with Gasteiger partial charge in [0.05, 0.1) is 7.11 Å². The second-order valence-corrected chi connectivity index (χ2v) is 3.37. The van der Waals surface area contributed by atoms with Crippen LogP contribution in [0.15, 0.2) is 30.3 Å². The standard InChI is InChI=1S/C12H12O2/c1-8-5-9-3-4-10(14-2)7-11(9)12(13)6-8/h3-7,13H,1-2H3. The molecule has 0 bridgehead atoms. The third kappa shape index (κ3) is 1.39. The highest BCUT2D eigenvalue weighted by atomic mass is 16.5. The first-order valence-electron chi connectivity index (χ1n) is 4.48. The van der Waals surface area contributed by atoms with Crippen LogP contribution in [-0.2, 0) is 0 Å². The second-order valence-electron chi connectivity index (χ2n) is 3.37. The highest BCUT2D eigenvalue weighted by molar-refractivity contribution is 5.89. The molecule has 0 amide bonds. The van der Waals surface area contributed by atoms with Crippen LogP contribution in [0.4, 0.5) is 0 Å².